The van der Waals surface area contributed by atoms with E-state index in [1.54, 1.807) is 0 Å². The third kappa shape index (κ3) is 6.82. The van der Waals surface area contributed by atoms with Crippen molar-refractivity contribution < 1.29 is 28.6 Å². The van der Waals surface area contributed by atoms with Crippen LogP contribution in [0.1, 0.15) is 46.0 Å². The Morgan fingerprint density at radius 2 is 1.96 bits per heavy atom. The van der Waals surface area contributed by atoms with Crippen molar-refractivity contribution in [2.24, 2.45) is 5.92 Å². The Hall–Kier alpha value is -2.15. The second kappa shape index (κ2) is 10.3. The second-order valence-corrected chi connectivity index (χ2v) is 7.07. The molecule has 1 aliphatic rings. The molecule has 0 radical (unpaired) electrons. The number of carboxylic acids is 1. The number of aliphatic carboxylic acids is 1. The van der Waals surface area contributed by atoms with E-state index in [4.69, 9.17) is 9.47 Å². The Kier molecular flexibility index (Phi) is 8.03. The molecule has 1 saturated carbocycles. The van der Waals surface area contributed by atoms with Gasteiger partial charge < -0.3 is 19.9 Å². The first-order chi connectivity index (χ1) is 12.9. The molecule has 0 spiro atoms. The summed E-state index contributed by atoms with van der Waals surface area (Å²) in [7, 11) is 0. The van der Waals surface area contributed by atoms with Crippen molar-refractivity contribution in [2.75, 3.05) is 6.54 Å². The highest BCUT2D eigenvalue weighted by Crippen LogP contribution is 2.27. The fraction of sp³-hybridized carbons (Fsp3) is 0.600. The predicted octanol–water partition coefficient (Wildman–Crippen LogP) is 3.15. The first-order valence-corrected chi connectivity index (χ1v) is 9.47. The fourth-order valence-corrected chi connectivity index (χ4v) is 3.24. The van der Waals surface area contributed by atoms with E-state index in [0.717, 1.165) is 19.3 Å². The molecule has 2 rings (SSSR count). The Morgan fingerprint density at radius 1 is 1.26 bits per heavy atom. The van der Waals surface area contributed by atoms with E-state index in [1.165, 1.54) is 30.7 Å². The summed E-state index contributed by atoms with van der Waals surface area (Å²) in [6, 6.07) is 5.04. The van der Waals surface area contributed by atoms with Crippen LogP contribution < -0.4 is 10.1 Å². The Labute approximate surface area is 159 Å². The number of hydrogen-bond acceptors (Lipinski definition) is 4. The lowest BCUT2D eigenvalue weighted by Gasteiger charge is -2.30. The highest BCUT2D eigenvalue weighted by atomic mass is 19.1. The van der Waals surface area contributed by atoms with Gasteiger partial charge in [0.1, 0.15) is 17.7 Å². The summed E-state index contributed by atoms with van der Waals surface area (Å²) in [4.78, 5) is 23.8. The summed E-state index contributed by atoms with van der Waals surface area (Å²) in [6.07, 6.45) is 2.85. The van der Waals surface area contributed by atoms with Gasteiger partial charge in [-0.25, -0.2) is 9.18 Å². The molecule has 150 valence electrons. The van der Waals surface area contributed by atoms with Gasteiger partial charge in [-0.1, -0.05) is 26.7 Å². The van der Waals surface area contributed by atoms with Crippen LogP contribution in [0.25, 0.3) is 0 Å². The van der Waals surface area contributed by atoms with Gasteiger partial charge in [-0.2, -0.15) is 0 Å². The molecular formula is C20H28FNO5. The highest BCUT2D eigenvalue weighted by Gasteiger charge is 2.27. The molecule has 0 heterocycles. The first-order valence-electron chi connectivity index (χ1n) is 9.47. The van der Waals surface area contributed by atoms with Crippen molar-refractivity contribution in [1.82, 2.24) is 5.32 Å². The zero-order chi connectivity index (χ0) is 19.8. The number of halogens is 1. The van der Waals surface area contributed by atoms with Crippen LogP contribution in [0.2, 0.25) is 0 Å². The van der Waals surface area contributed by atoms with Gasteiger partial charge in [0, 0.05) is 0 Å². The molecule has 27 heavy (non-hydrogen) atoms. The van der Waals surface area contributed by atoms with Crippen molar-refractivity contribution in [3.05, 3.63) is 30.1 Å². The van der Waals surface area contributed by atoms with Crippen LogP contribution in [0.5, 0.6) is 5.75 Å². The van der Waals surface area contributed by atoms with Crippen LogP contribution in [-0.2, 0) is 14.3 Å². The predicted molar refractivity (Wildman–Crippen MR) is 98.0 cm³/mol. The molecule has 7 heteroatoms. The molecular weight excluding hydrogens is 353 g/mol. The van der Waals surface area contributed by atoms with E-state index >= 15 is 0 Å². The van der Waals surface area contributed by atoms with Gasteiger partial charge in [0.15, 0.2) is 0 Å². The Morgan fingerprint density at radius 3 is 2.56 bits per heavy atom. The van der Waals surface area contributed by atoms with Gasteiger partial charge >= 0.3 is 5.97 Å². The topological polar surface area (TPSA) is 84.9 Å². The maximum atomic E-state index is 12.9. The molecule has 1 fully saturated rings. The van der Waals surface area contributed by atoms with Gasteiger partial charge in [0.05, 0.1) is 12.6 Å². The summed E-state index contributed by atoms with van der Waals surface area (Å²) in [5.74, 6) is -1.19. The van der Waals surface area contributed by atoms with Gasteiger partial charge in [0.25, 0.3) is 0 Å². The average Bonchev–Trinajstić information content (AvgIpc) is 2.64. The lowest BCUT2D eigenvalue weighted by molar-refractivity contribution is -0.146. The normalized spacial score (nSPS) is 21.9. The number of amides is 1. The molecule has 0 bridgehead atoms. The van der Waals surface area contributed by atoms with Gasteiger partial charge in [0.2, 0.25) is 12.0 Å². The second-order valence-electron chi connectivity index (χ2n) is 7.07. The number of benzene rings is 1. The third-order valence-electron chi connectivity index (χ3n) is 4.74. The summed E-state index contributed by atoms with van der Waals surface area (Å²) < 4.78 is 24.2. The van der Waals surface area contributed by atoms with Crippen LogP contribution >= 0.6 is 0 Å². The molecule has 4 atom stereocenters. The van der Waals surface area contributed by atoms with Crippen LogP contribution in [0, 0.1) is 11.7 Å². The molecule has 4 unspecified atom stereocenters. The molecule has 6 nitrogen and oxygen atoms in total. The van der Waals surface area contributed by atoms with Crippen LogP contribution in [0.15, 0.2) is 24.3 Å². The zero-order valence-electron chi connectivity index (χ0n) is 15.8. The minimum absolute atomic E-state index is 0.0650. The fourth-order valence-electron chi connectivity index (χ4n) is 3.24. The van der Waals surface area contributed by atoms with E-state index in [1.807, 2.05) is 6.92 Å². The SMILES string of the molecule is CCC(OC1CCCC(C)C1)C(=O)NCC(Oc1ccc(F)cc1)C(=O)O. The van der Waals surface area contributed by atoms with Gasteiger partial charge in [-0.3, -0.25) is 4.79 Å². The number of nitrogens with one attached hydrogen (secondary N) is 1. The molecule has 0 saturated heterocycles. The zero-order valence-corrected chi connectivity index (χ0v) is 15.8. The maximum absolute atomic E-state index is 12.9. The minimum Gasteiger partial charge on any atom is -0.478 e. The van der Waals surface area contributed by atoms with E-state index in [0.29, 0.717) is 12.3 Å². The van der Waals surface area contributed by atoms with Gasteiger partial charge in [-0.05, 0) is 49.4 Å². The number of carbonyl (C=O) groups is 2. The molecule has 1 amide bonds. The Balaban J connectivity index is 1.87. The number of rotatable bonds is 9. The van der Waals surface area contributed by atoms with Crippen molar-refractivity contribution in [3.8, 4) is 5.75 Å². The number of carboxylic acid groups (broad SMARTS) is 1. The number of ether oxygens (including phenoxy) is 2. The van der Waals surface area contributed by atoms with Crippen molar-refractivity contribution in [3.63, 3.8) is 0 Å². The van der Waals surface area contributed by atoms with E-state index in [-0.39, 0.29) is 24.3 Å². The van der Waals surface area contributed by atoms with E-state index in [9.17, 15) is 19.1 Å². The average molecular weight is 381 g/mol. The van der Waals surface area contributed by atoms with E-state index < -0.39 is 24.0 Å². The first kappa shape index (κ1) is 21.2. The van der Waals surface area contributed by atoms with Crippen LogP contribution in [0.4, 0.5) is 4.39 Å². The van der Waals surface area contributed by atoms with E-state index in [2.05, 4.69) is 12.2 Å². The van der Waals surface area contributed by atoms with Gasteiger partial charge in [-0.15, -0.1) is 0 Å². The smallest absolute Gasteiger partial charge is 0.346 e. The monoisotopic (exact) mass is 381 g/mol. The third-order valence-corrected chi connectivity index (χ3v) is 4.74. The quantitative estimate of drug-likeness (QED) is 0.686. The molecule has 1 aromatic rings. The summed E-state index contributed by atoms with van der Waals surface area (Å²) in [6.45, 7) is 3.84. The molecule has 1 aliphatic carbocycles. The highest BCUT2D eigenvalue weighted by molar-refractivity contribution is 5.82. The summed E-state index contributed by atoms with van der Waals surface area (Å²) in [5, 5.41) is 11.9. The van der Waals surface area contributed by atoms with Crippen LogP contribution in [0.3, 0.4) is 0 Å². The standard InChI is InChI=1S/C20H28FNO5/c1-3-17(27-16-6-4-5-13(2)11-16)19(23)22-12-18(20(24)25)26-15-9-7-14(21)8-10-15/h7-10,13,16-18H,3-6,11-12H2,1-2H3,(H,22,23)(H,24,25). The number of carbonyl (C=O) groups excluding carboxylic acids is 1. The van der Waals surface area contributed by atoms with Crippen molar-refractivity contribution in [2.45, 2.75) is 64.3 Å². The lowest BCUT2D eigenvalue weighted by atomic mass is 9.88. The largest absolute Gasteiger partial charge is 0.478 e. The molecule has 1 aromatic carbocycles. The lowest BCUT2D eigenvalue weighted by Crippen LogP contribution is -2.45. The minimum atomic E-state index is -1.27. The Bertz CT molecular complexity index is 621. The van der Waals surface area contributed by atoms with Crippen molar-refractivity contribution >= 4 is 11.9 Å². The molecule has 2 N–H and O–H groups in total. The molecule has 0 aliphatic heterocycles. The maximum Gasteiger partial charge on any atom is 0.346 e. The van der Waals surface area contributed by atoms with Crippen LogP contribution in [-0.4, -0.2) is 41.8 Å². The number of hydrogen-bond donors (Lipinski definition) is 2. The summed E-state index contributed by atoms with van der Waals surface area (Å²) >= 11 is 0. The summed E-state index contributed by atoms with van der Waals surface area (Å²) in [5.41, 5.74) is 0. The van der Waals surface area contributed by atoms with Crippen molar-refractivity contribution in [1.29, 1.82) is 0 Å². The molecule has 0 aromatic heterocycles.